The fourth-order valence-electron chi connectivity index (χ4n) is 3.58. The number of nitrogens with zero attached hydrogens (tertiary/aromatic N) is 4. The standard InChI is InChI=1S/C22H28Br2N4/c1-6-19-22(27(12-14(2)3)13-15(4)5)28-10-9-25-20(21(28)26-19)17-8-7-16(23)11-18(17)24/h7-11,14-15H,6,12-13H2,1-5H3. The summed E-state index contributed by atoms with van der Waals surface area (Å²) in [5.74, 6) is 2.36. The summed E-state index contributed by atoms with van der Waals surface area (Å²) in [6.07, 6.45) is 4.82. The van der Waals surface area contributed by atoms with Gasteiger partial charge >= 0.3 is 0 Å². The number of benzene rings is 1. The zero-order valence-corrected chi connectivity index (χ0v) is 20.4. The van der Waals surface area contributed by atoms with E-state index >= 15 is 0 Å². The molecule has 2 aromatic heterocycles. The molecule has 0 unspecified atom stereocenters. The number of halogens is 2. The Hall–Kier alpha value is -1.40. The predicted octanol–water partition coefficient (Wildman–Crippen LogP) is 6.60. The molecule has 1 aromatic carbocycles. The van der Waals surface area contributed by atoms with E-state index in [0.717, 1.165) is 51.1 Å². The molecular formula is C22H28Br2N4. The Bertz CT molecular complexity index is 953. The highest BCUT2D eigenvalue weighted by Crippen LogP contribution is 2.34. The minimum atomic E-state index is 0.580. The van der Waals surface area contributed by atoms with Crippen LogP contribution in [0.1, 0.15) is 40.3 Å². The van der Waals surface area contributed by atoms with Crippen molar-refractivity contribution in [2.24, 2.45) is 11.8 Å². The number of anilines is 1. The van der Waals surface area contributed by atoms with Crippen molar-refractivity contribution in [3.8, 4) is 11.3 Å². The van der Waals surface area contributed by atoms with Crippen LogP contribution in [0, 0.1) is 11.8 Å². The first kappa shape index (κ1) is 21.3. The van der Waals surface area contributed by atoms with Crippen molar-refractivity contribution in [1.82, 2.24) is 14.4 Å². The van der Waals surface area contributed by atoms with E-state index in [-0.39, 0.29) is 0 Å². The van der Waals surface area contributed by atoms with Crippen LogP contribution < -0.4 is 4.90 Å². The van der Waals surface area contributed by atoms with Crippen molar-refractivity contribution >= 4 is 43.3 Å². The molecule has 0 fully saturated rings. The van der Waals surface area contributed by atoms with Crippen LogP contribution in [0.2, 0.25) is 0 Å². The highest BCUT2D eigenvalue weighted by atomic mass is 79.9. The Balaban J connectivity index is 2.22. The van der Waals surface area contributed by atoms with Gasteiger partial charge < -0.3 is 4.90 Å². The predicted molar refractivity (Wildman–Crippen MR) is 125 cm³/mol. The van der Waals surface area contributed by atoms with Gasteiger partial charge in [-0.05, 0) is 30.4 Å². The number of rotatable bonds is 7. The molecule has 0 saturated heterocycles. The third-order valence-corrected chi connectivity index (χ3v) is 5.73. The fourth-order valence-corrected chi connectivity index (χ4v) is 4.82. The van der Waals surface area contributed by atoms with Crippen LogP contribution in [0.3, 0.4) is 0 Å². The molecule has 0 bridgehead atoms. The molecule has 2 heterocycles. The van der Waals surface area contributed by atoms with Gasteiger partial charge in [-0.25, -0.2) is 4.98 Å². The van der Waals surface area contributed by atoms with Crippen LogP contribution in [0.4, 0.5) is 5.82 Å². The Morgan fingerprint density at radius 2 is 1.75 bits per heavy atom. The van der Waals surface area contributed by atoms with E-state index in [1.165, 1.54) is 5.82 Å². The minimum Gasteiger partial charge on any atom is -0.356 e. The normalized spacial score (nSPS) is 11.8. The average Bonchev–Trinajstić information content (AvgIpc) is 2.99. The molecule has 0 atom stereocenters. The first-order chi connectivity index (χ1) is 13.3. The monoisotopic (exact) mass is 506 g/mol. The molecule has 0 aliphatic rings. The van der Waals surface area contributed by atoms with Crippen molar-refractivity contribution in [2.75, 3.05) is 18.0 Å². The number of hydrogen-bond acceptors (Lipinski definition) is 3. The number of aromatic nitrogens is 3. The van der Waals surface area contributed by atoms with Crippen molar-refractivity contribution in [3.63, 3.8) is 0 Å². The molecule has 0 aliphatic carbocycles. The van der Waals surface area contributed by atoms with E-state index < -0.39 is 0 Å². The molecule has 0 radical (unpaired) electrons. The smallest absolute Gasteiger partial charge is 0.165 e. The molecule has 150 valence electrons. The summed E-state index contributed by atoms with van der Waals surface area (Å²) >= 11 is 7.22. The number of imidazole rings is 1. The summed E-state index contributed by atoms with van der Waals surface area (Å²) in [6, 6.07) is 6.17. The third kappa shape index (κ3) is 4.43. The molecule has 3 aromatic rings. The summed E-state index contributed by atoms with van der Waals surface area (Å²) < 4.78 is 4.26. The zero-order chi connectivity index (χ0) is 20.4. The topological polar surface area (TPSA) is 33.4 Å². The zero-order valence-electron chi connectivity index (χ0n) is 17.2. The van der Waals surface area contributed by atoms with E-state index in [9.17, 15) is 0 Å². The van der Waals surface area contributed by atoms with Crippen LogP contribution in [0.25, 0.3) is 16.9 Å². The molecule has 4 nitrogen and oxygen atoms in total. The van der Waals surface area contributed by atoms with Gasteiger partial charge in [-0.15, -0.1) is 0 Å². The van der Waals surface area contributed by atoms with E-state index in [4.69, 9.17) is 9.97 Å². The lowest BCUT2D eigenvalue weighted by molar-refractivity contribution is 0.546. The lowest BCUT2D eigenvalue weighted by Gasteiger charge is -2.28. The SMILES string of the molecule is CCc1nc2c(-c3ccc(Br)cc3Br)nccn2c1N(CC(C)C)CC(C)C. The van der Waals surface area contributed by atoms with E-state index in [1.54, 1.807) is 0 Å². The Morgan fingerprint density at radius 3 is 2.32 bits per heavy atom. The molecule has 6 heteroatoms. The molecule has 0 saturated carbocycles. The quantitative estimate of drug-likeness (QED) is 0.361. The van der Waals surface area contributed by atoms with Gasteiger partial charge in [0.1, 0.15) is 11.5 Å². The second-order valence-corrected chi connectivity index (χ2v) is 9.79. The molecule has 0 amide bonds. The lowest BCUT2D eigenvalue weighted by Crippen LogP contribution is -2.33. The van der Waals surface area contributed by atoms with E-state index in [2.05, 4.69) is 87.9 Å². The van der Waals surface area contributed by atoms with Gasteiger partial charge in [0.25, 0.3) is 0 Å². The number of hydrogen-bond donors (Lipinski definition) is 0. The van der Waals surface area contributed by atoms with Crippen LogP contribution >= 0.6 is 31.9 Å². The van der Waals surface area contributed by atoms with Crippen LogP contribution in [0.5, 0.6) is 0 Å². The highest BCUT2D eigenvalue weighted by molar-refractivity contribution is 9.11. The summed E-state index contributed by atoms with van der Waals surface area (Å²) in [5.41, 5.74) is 3.99. The Kier molecular flexibility index (Phi) is 6.81. The number of fused-ring (bicyclic) bond motifs is 1. The van der Waals surface area contributed by atoms with Gasteiger partial charge in [0, 0.05) is 40.0 Å². The second-order valence-electron chi connectivity index (χ2n) is 8.02. The van der Waals surface area contributed by atoms with Crippen molar-refractivity contribution in [3.05, 3.63) is 45.2 Å². The van der Waals surface area contributed by atoms with Crippen molar-refractivity contribution < 1.29 is 0 Å². The third-order valence-electron chi connectivity index (χ3n) is 4.58. The molecular weight excluding hydrogens is 480 g/mol. The first-order valence-corrected chi connectivity index (χ1v) is 11.5. The molecule has 0 N–H and O–H groups in total. The fraction of sp³-hybridized carbons (Fsp3) is 0.455. The second kappa shape index (κ2) is 8.95. The largest absolute Gasteiger partial charge is 0.356 e. The van der Waals surface area contributed by atoms with E-state index in [0.29, 0.717) is 11.8 Å². The van der Waals surface area contributed by atoms with Crippen LogP contribution in [0.15, 0.2) is 39.5 Å². The van der Waals surface area contributed by atoms with Crippen LogP contribution in [-0.2, 0) is 6.42 Å². The highest BCUT2D eigenvalue weighted by Gasteiger charge is 2.22. The maximum absolute atomic E-state index is 5.03. The summed E-state index contributed by atoms with van der Waals surface area (Å²) in [4.78, 5) is 12.2. The average molecular weight is 508 g/mol. The Labute approximate surface area is 184 Å². The molecule has 3 rings (SSSR count). The van der Waals surface area contributed by atoms with Gasteiger partial charge in [-0.3, -0.25) is 9.38 Å². The lowest BCUT2D eigenvalue weighted by atomic mass is 10.1. The Morgan fingerprint density at radius 1 is 1.07 bits per heavy atom. The van der Waals surface area contributed by atoms with Gasteiger partial charge in [0.05, 0.1) is 5.69 Å². The summed E-state index contributed by atoms with van der Waals surface area (Å²) in [7, 11) is 0. The molecule has 28 heavy (non-hydrogen) atoms. The van der Waals surface area contributed by atoms with Gasteiger partial charge in [0.2, 0.25) is 0 Å². The molecule has 0 spiro atoms. The summed E-state index contributed by atoms with van der Waals surface area (Å²) in [6.45, 7) is 13.3. The number of aryl methyl sites for hydroxylation is 1. The first-order valence-electron chi connectivity index (χ1n) is 9.88. The minimum absolute atomic E-state index is 0.580. The van der Waals surface area contributed by atoms with Gasteiger partial charge in [0.15, 0.2) is 5.65 Å². The van der Waals surface area contributed by atoms with Crippen molar-refractivity contribution in [2.45, 2.75) is 41.0 Å². The summed E-state index contributed by atoms with van der Waals surface area (Å²) in [5, 5.41) is 0. The van der Waals surface area contributed by atoms with Gasteiger partial charge in [-0.2, -0.15) is 0 Å². The maximum Gasteiger partial charge on any atom is 0.165 e. The van der Waals surface area contributed by atoms with Crippen molar-refractivity contribution in [1.29, 1.82) is 0 Å². The van der Waals surface area contributed by atoms with E-state index in [1.807, 2.05) is 18.5 Å². The molecule has 0 aliphatic heterocycles. The van der Waals surface area contributed by atoms with Gasteiger partial charge in [-0.1, -0.05) is 72.5 Å². The van der Waals surface area contributed by atoms with Crippen LogP contribution in [-0.4, -0.2) is 27.5 Å². The maximum atomic E-state index is 5.03.